The summed E-state index contributed by atoms with van der Waals surface area (Å²) in [4.78, 5) is 1.38. The molecule has 14 heavy (non-hydrogen) atoms. The van der Waals surface area contributed by atoms with E-state index in [-0.39, 0.29) is 0 Å². The molecule has 6 heteroatoms. The van der Waals surface area contributed by atoms with Gasteiger partial charge in [0.05, 0.1) is 13.2 Å². The Hall–Kier alpha value is -0.330. The lowest BCUT2D eigenvalue weighted by molar-refractivity contribution is -0.759. The lowest BCUT2D eigenvalue weighted by Crippen LogP contribution is -2.92. The maximum Gasteiger partial charge on any atom is 0.416 e. The molecule has 1 aliphatic rings. The fraction of sp³-hybridized carbons (Fsp3) is 1.00. The van der Waals surface area contributed by atoms with Crippen LogP contribution in [0.25, 0.3) is 0 Å². The normalized spacial score (nSPS) is 19.7. The molecule has 0 aromatic heterocycles. The maximum atomic E-state index is 12.1. The monoisotopic (exact) mass is 214 g/mol. The van der Waals surface area contributed by atoms with Gasteiger partial charge in [0.1, 0.15) is 19.6 Å². The van der Waals surface area contributed by atoms with Crippen molar-refractivity contribution in [1.82, 2.24) is 0 Å². The molecule has 3 nitrogen and oxygen atoms in total. The molecule has 1 aliphatic heterocycles. The van der Waals surface area contributed by atoms with Crippen LogP contribution in [-0.2, 0) is 9.47 Å². The molecule has 1 unspecified atom stereocenters. The van der Waals surface area contributed by atoms with Crippen LogP contribution in [0.5, 0.6) is 0 Å². The molecule has 0 bridgehead atoms. The first-order valence-corrected chi connectivity index (χ1v) is 4.55. The minimum absolute atomic E-state index is 0.366. The van der Waals surface area contributed by atoms with Gasteiger partial charge in [-0.25, -0.2) is 0 Å². The van der Waals surface area contributed by atoms with Gasteiger partial charge < -0.3 is 14.4 Å². The molecule has 0 amide bonds. The molecule has 1 heterocycles. The Labute approximate surface area is 80.8 Å². The van der Waals surface area contributed by atoms with E-state index >= 15 is 0 Å². The van der Waals surface area contributed by atoms with Gasteiger partial charge in [0.15, 0.2) is 6.10 Å². The van der Waals surface area contributed by atoms with E-state index in [1.165, 1.54) is 4.90 Å². The fourth-order valence-electron chi connectivity index (χ4n) is 1.04. The Balaban J connectivity index is 2.07. The van der Waals surface area contributed by atoms with Crippen LogP contribution in [0.1, 0.15) is 0 Å². The molecule has 1 saturated heterocycles. The predicted octanol–water partition coefficient (Wildman–Crippen LogP) is -0.521. The summed E-state index contributed by atoms with van der Waals surface area (Å²) in [7, 11) is 1.04. The van der Waals surface area contributed by atoms with E-state index in [1.807, 2.05) is 0 Å². The summed E-state index contributed by atoms with van der Waals surface area (Å²) in [5, 5.41) is 0. The lowest BCUT2D eigenvalue weighted by Gasteiger charge is -2.18. The van der Waals surface area contributed by atoms with E-state index in [4.69, 9.17) is 4.74 Å². The van der Waals surface area contributed by atoms with E-state index in [1.54, 1.807) is 0 Å². The number of ether oxygens (including phenoxy) is 2. The fourth-order valence-corrected chi connectivity index (χ4v) is 1.04. The van der Waals surface area contributed by atoms with E-state index in [2.05, 4.69) is 4.74 Å². The van der Waals surface area contributed by atoms with Crippen LogP contribution >= 0.6 is 0 Å². The summed E-state index contributed by atoms with van der Waals surface area (Å²) >= 11 is 0. The number of rotatable bonds is 6. The topological polar surface area (TPSA) is 22.9 Å². The average Bonchev–Trinajstić information content (AvgIpc) is 2.85. The van der Waals surface area contributed by atoms with Crippen LogP contribution in [0.3, 0.4) is 0 Å². The van der Waals surface area contributed by atoms with Crippen molar-refractivity contribution in [2.75, 3.05) is 40.0 Å². The second-order valence-corrected chi connectivity index (χ2v) is 3.34. The van der Waals surface area contributed by atoms with E-state index in [9.17, 15) is 13.2 Å². The quantitative estimate of drug-likeness (QED) is 0.475. The van der Waals surface area contributed by atoms with Crippen molar-refractivity contribution in [2.45, 2.75) is 12.3 Å². The first-order chi connectivity index (χ1) is 6.54. The molecule has 1 rings (SSSR count). The Bertz CT molecular complexity index is 170. The third kappa shape index (κ3) is 4.26. The predicted molar refractivity (Wildman–Crippen MR) is 43.2 cm³/mol. The number of nitrogens with one attached hydrogen (secondary N) is 1. The van der Waals surface area contributed by atoms with Crippen LogP contribution in [0.2, 0.25) is 0 Å². The van der Waals surface area contributed by atoms with Crippen LogP contribution in [0.15, 0.2) is 0 Å². The van der Waals surface area contributed by atoms with Crippen molar-refractivity contribution in [2.24, 2.45) is 0 Å². The highest BCUT2D eigenvalue weighted by atomic mass is 19.4. The molecular weight excluding hydrogens is 199 g/mol. The van der Waals surface area contributed by atoms with Gasteiger partial charge in [-0.2, -0.15) is 13.2 Å². The third-order valence-corrected chi connectivity index (χ3v) is 2.12. The molecule has 1 fully saturated rings. The van der Waals surface area contributed by atoms with E-state index in [0.29, 0.717) is 6.61 Å². The van der Waals surface area contributed by atoms with Crippen molar-refractivity contribution < 1.29 is 27.5 Å². The van der Waals surface area contributed by atoms with Crippen molar-refractivity contribution in [1.29, 1.82) is 0 Å². The second kappa shape index (κ2) is 4.95. The van der Waals surface area contributed by atoms with Crippen LogP contribution in [0, 0.1) is 0 Å². The Morgan fingerprint density at radius 2 is 2.00 bits per heavy atom. The van der Waals surface area contributed by atoms with Gasteiger partial charge in [-0.1, -0.05) is 0 Å². The second-order valence-electron chi connectivity index (χ2n) is 3.34. The molecule has 0 radical (unpaired) electrons. The summed E-state index contributed by atoms with van der Waals surface area (Å²) in [5.74, 6) is 0. The third-order valence-electron chi connectivity index (χ3n) is 2.12. The zero-order chi connectivity index (χ0) is 10.6. The minimum Gasteiger partial charge on any atom is -0.373 e. The number of alkyl halides is 3. The van der Waals surface area contributed by atoms with Crippen molar-refractivity contribution in [3.63, 3.8) is 0 Å². The van der Waals surface area contributed by atoms with Gasteiger partial charge in [0.25, 0.3) is 0 Å². The lowest BCUT2D eigenvalue weighted by atomic mass is 10.4. The van der Waals surface area contributed by atoms with Crippen LogP contribution in [-0.4, -0.2) is 52.2 Å². The Morgan fingerprint density at radius 3 is 2.43 bits per heavy atom. The summed E-state index contributed by atoms with van der Waals surface area (Å²) in [6, 6.07) is 0. The Morgan fingerprint density at radius 1 is 1.36 bits per heavy atom. The highest BCUT2D eigenvalue weighted by Gasteiger charge is 2.40. The zero-order valence-electron chi connectivity index (χ0n) is 8.06. The van der Waals surface area contributed by atoms with Gasteiger partial charge in [-0.15, -0.1) is 0 Å². The van der Waals surface area contributed by atoms with Gasteiger partial charge in [-0.3, -0.25) is 0 Å². The molecule has 0 saturated carbocycles. The highest BCUT2D eigenvalue weighted by Crippen LogP contribution is 2.22. The van der Waals surface area contributed by atoms with Crippen molar-refractivity contribution >= 4 is 0 Å². The molecule has 1 atom stereocenters. The number of halogens is 3. The number of hydrogen-bond donors (Lipinski definition) is 1. The molecule has 0 spiro atoms. The van der Waals surface area contributed by atoms with Gasteiger partial charge in [-0.05, 0) is 0 Å². The van der Waals surface area contributed by atoms with E-state index < -0.39 is 18.9 Å². The zero-order valence-corrected chi connectivity index (χ0v) is 8.06. The molecule has 0 aromatic carbocycles. The first-order valence-electron chi connectivity index (χ1n) is 4.55. The van der Waals surface area contributed by atoms with Gasteiger partial charge in [0, 0.05) is 7.11 Å². The summed E-state index contributed by atoms with van der Waals surface area (Å²) in [6.45, 7) is 2.96. The van der Waals surface area contributed by atoms with Crippen molar-refractivity contribution in [3.8, 4) is 0 Å². The van der Waals surface area contributed by atoms with E-state index in [0.717, 1.165) is 26.7 Å². The number of methoxy groups -OCH3 is 1. The maximum absolute atomic E-state index is 12.1. The summed E-state index contributed by atoms with van der Waals surface area (Å²) in [5.41, 5.74) is 0. The highest BCUT2D eigenvalue weighted by molar-refractivity contribution is 4.65. The Kier molecular flexibility index (Phi) is 4.15. The number of hydrogen-bond acceptors (Lipinski definition) is 2. The minimum atomic E-state index is -4.33. The average molecular weight is 214 g/mol. The van der Waals surface area contributed by atoms with Gasteiger partial charge >= 0.3 is 6.18 Å². The van der Waals surface area contributed by atoms with Crippen LogP contribution in [0.4, 0.5) is 13.2 Å². The number of quaternary nitrogens is 1. The SMILES string of the molecule is COC(COCC[NH+]1CC1)C(F)(F)F. The summed E-state index contributed by atoms with van der Waals surface area (Å²) < 4.78 is 45.5. The van der Waals surface area contributed by atoms with Gasteiger partial charge in [0.2, 0.25) is 0 Å². The molecule has 1 N–H and O–H groups in total. The molecule has 0 aliphatic carbocycles. The largest absolute Gasteiger partial charge is 0.416 e. The molecule has 84 valence electrons. The smallest absolute Gasteiger partial charge is 0.373 e. The van der Waals surface area contributed by atoms with Crippen LogP contribution < -0.4 is 4.90 Å². The standard InChI is InChI=1S/C8H14F3NO2/c1-13-7(8(9,10)11)6-14-5-4-12-2-3-12/h7H,2-6H2,1H3/p+1. The first kappa shape index (κ1) is 11.7. The molecule has 0 aromatic rings. The summed E-state index contributed by atoms with van der Waals surface area (Å²) in [6.07, 6.45) is -6.13. The molecular formula is C8H15F3NO2+. The van der Waals surface area contributed by atoms with Crippen molar-refractivity contribution in [3.05, 3.63) is 0 Å².